The number of rotatable bonds is 4. The van der Waals surface area contributed by atoms with E-state index in [2.05, 4.69) is 0 Å². The molecule has 0 unspecified atom stereocenters. The molecule has 3 heteroatoms. The number of hydrogen-bond donors (Lipinski definition) is 1. The Kier molecular flexibility index (Phi) is 2.57. The fourth-order valence-corrected chi connectivity index (χ4v) is 2.01. The predicted molar refractivity (Wildman–Crippen MR) is 57.5 cm³/mol. The fourth-order valence-electron chi connectivity index (χ4n) is 2.01. The Bertz CT molecular complexity index is 334. The minimum Gasteiger partial charge on any atom is -0.496 e. The number of hydrogen-bond acceptors (Lipinski definition) is 3. The Balaban J connectivity index is 2.51. The van der Waals surface area contributed by atoms with Crippen LogP contribution in [0.1, 0.15) is 18.4 Å². The highest BCUT2D eigenvalue weighted by atomic mass is 16.5. The van der Waals surface area contributed by atoms with Gasteiger partial charge in [-0.15, -0.1) is 0 Å². The zero-order valence-corrected chi connectivity index (χ0v) is 9.12. The molecule has 0 atom stereocenters. The molecule has 0 aliphatic heterocycles. The number of benzene rings is 1. The summed E-state index contributed by atoms with van der Waals surface area (Å²) in [7, 11) is 3.29. The molecule has 15 heavy (non-hydrogen) atoms. The maximum atomic E-state index is 9.44. The van der Waals surface area contributed by atoms with Crippen LogP contribution in [0.5, 0.6) is 11.5 Å². The van der Waals surface area contributed by atoms with Gasteiger partial charge in [-0.05, 0) is 25.0 Å². The molecule has 3 nitrogen and oxygen atoms in total. The second-order valence-electron chi connectivity index (χ2n) is 3.98. The molecule has 1 aliphatic rings. The molecule has 2 rings (SSSR count). The Morgan fingerprint density at radius 1 is 1.20 bits per heavy atom. The van der Waals surface area contributed by atoms with Crippen molar-refractivity contribution < 1.29 is 14.6 Å². The summed E-state index contributed by atoms with van der Waals surface area (Å²) < 4.78 is 10.6. The summed E-state index contributed by atoms with van der Waals surface area (Å²) in [5.74, 6) is 1.61. The van der Waals surface area contributed by atoms with Crippen molar-refractivity contribution in [2.24, 2.45) is 0 Å². The first-order valence-corrected chi connectivity index (χ1v) is 5.10. The molecular formula is C12H16O3. The Morgan fingerprint density at radius 2 is 1.73 bits per heavy atom. The number of aliphatic hydroxyl groups is 1. The molecular weight excluding hydrogens is 192 g/mol. The van der Waals surface area contributed by atoms with Crippen molar-refractivity contribution in [1.29, 1.82) is 0 Å². The summed E-state index contributed by atoms with van der Waals surface area (Å²) in [6.07, 6.45) is 2.00. The Morgan fingerprint density at radius 3 is 2.07 bits per heavy atom. The molecule has 1 aromatic carbocycles. The maximum absolute atomic E-state index is 9.44. The van der Waals surface area contributed by atoms with E-state index in [1.54, 1.807) is 14.2 Å². The SMILES string of the molecule is COc1cccc(OC)c1C1(CO)CC1. The van der Waals surface area contributed by atoms with Gasteiger partial charge in [-0.1, -0.05) is 6.07 Å². The van der Waals surface area contributed by atoms with Gasteiger partial charge in [0.25, 0.3) is 0 Å². The first kappa shape index (κ1) is 10.3. The third-order valence-electron chi connectivity index (χ3n) is 3.11. The zero-order chi connectivity index (χ0) is 10.9. The van der Waals surface area contributed by atoms with Gasteiger partial charge < -0.3 is 14.6 Å². The molecule has 1 saturated carbocycles. The maximum Gasteiger partial charge on any atom is 0.126 e. The Hall–Kier alpha value is -1.22. The van der Waals surface area contributed by atoms with Gasteiger partial charge in [-0.3, -0.25) is 0 Å². The van der Waals surface area contributed by atoms with Crippen LogP contribution in [0, 0.1) is 0 Å². The summed E-state index contributed by atoms with van der Waals surface area (Å²) in [6.45, 7) is 0.156. The second-order valence-corrected chi connectivity index (χ2v) is 3.98. The van der Waals surface area contributed by atoms with Gasteiger partial charge in [0.15, 0.2) is 0 Å². The van der Waals surface area contributed by atoms with Crippen LogP contribution >= 0.6 is 0 Å². The number of aliphatic hydroxyl groups excluding tert-OH is 1. The summed E-state index contributed by atoms with van der Waals surface area (Å²) >= 11 is 0. The number of methoxy groups -OCH3 is 2. The van der Waals surface area contributed by atoms with E-state index in [1.165, 1.54) is 0 Å². The van der Waals surface area contributed by atoms with Gasteiger partial charge in [0.05, 0.1) is 20.8 Å². The molecule has 1 N–H and O–H groups in total. The lowest BCUT2D eigenvalue weighted by molar-refractivity contribution is 0.247. The second kappa shape index (κ2) is 3.74. The molecule has 0 heterocycles. The summed E-state index contributed by atoms with van der Waals surface area (Å²) in [5.41, 5.74) is 0.885. The van der Waals surface area contributed by atoms with Crippen molar-refractivity contribution in [3.05, 3.63) is 23.8 Å². The van der Waals surface area contributed by atoms with Crippen LogP contribution < -0.4 is 9.47 Å². The average molecular weight is 208 g/mol. The molecule has 0 amide bonds. The van der Waals surface area contributed by atoms with Crippen molar-refractivity contribution >= 4 is 0 Å². The van der Waals surface area contributed by atoms with E-state index in [-0.39, 0.29) is 12.0 Å². The molecule has 0 spiro atoms. The molecule has 0 saturated heterocycles. The lowest BCUT2D eigenvalue weighted by Gasteiger charge is -2.19. The zero-order valence-electron chi connectivity index (χ0n) is 9.12. The standard InChI is InChI=1S/C12H16O3/c1-14-9-4-3-5-10(15-2)11(9)12(8-13)6-7-12/h3-5,13H,6-8H2,1-2H3. The highest BCUT2D eigenvalue weighted by Crippen LogP contribution is 2.54. The van der Waals surface area contributed by atoms with Crippen LogP contribution in [-0.4, -0.2) is 25.9 Å². The van der Waals surface area contributed by atoms with E-state index >= 15 is 0 Å². The van der Waals surface area contributed by atoms with Crippen LogP contribution in [0.25, 0.3) is 0 Å². The molecule has 0 radical (unpaired) electrons. The largest absolute Gasteiger partial charge is 0.496 e. The van der Waals surface area contributed by atoms with E-state index in [0.29, 0.717) is 0 Å². The molecule has 0 bridgehead atoms. The van der Waals surface area contributed by atoms with Crippen LogP contribution in [0.15, 0.2) is 18.2 Å². The van der Waals surface area contributed by atoms with E-state index in [1.807, 2.05) is 18.2 Å². The molecule has 82 valence electrons. The van der Waals surface area contributed by atoms with Gasteiger partial charge >= 0.3 is 0 Å². The van der Waals surface area contributed by atoms with Crippen LogP contribution in [0.4, 0.5) is 0 Å². The van der Waals surface area contributed by atoms with Crippen LogP contribution in [0.3, 0.4) is 0 Å². The quantitative estimate of drug-likeness (QED) is 0.819. The van der Waals surface area contributed by atoms with Gasteiger partial charge in [-0.2, -0.15) is 0 Å². The van der Waals surface area contributed by atoms with Gasteiger partial charge in [-0.25, -0.2) is 0 Å². The highest BCUT2D eigenvalue weighted by molar-refractivity contribution is 5.52. The van der Waals surface area contributed by atoms with Crippen molar-refractivity contribution in [1.82, 2.24) is 0 Å². The molecule has 1 aromatic rings. The van der Waals surface area contributed by atoms with E-state index in [4.69, 9.17) is 9.47 Å². The normalized spacial score (nSPS) is 17.3. The van der Waals surface area contributed by atoms with Gasteiger partial charge in [0.1, 0.15) is 11.5 Å². The van der Waals surface area contributed by atoms with Crippen molar-refractivity contribution in [2.45, 2.75) is 18.3 Å². The summed E-state index contributed by atoms with van der Waals surface area (Å²) in [5, 5.41) is 9.44. The van der Waals surface area contributed by atoms with Gasteiger partial charge in [0, 0.05) is 11.0 Å². The van der Waals surface area contributed by atoms with Gasteiger partial charge in [0.2, 0.25) is 0 Å². The minimum absolute atomic E-state index is 0.127. The lowest BCUT2D eigenvalue weighted by atomic mass is 9.95. The van der Waals surface area contributed by atoms with E-state index in [0.717, 1.165) is 29.9 Å². The van der Waals surface area contributed by atoms with Crippen molar-refractivity contribution in [3.63, 3.8) is 0 Å². The fraction of sp³-hybridized carbons (Fsp3) is 0.500. The Labute approximate surface area is 89.6 Å². The van der Waals surface area contributed by atoms with Crippen molar-refractivity contribution in [3.8, 4) is 11.5 Å². The van der Waals surface area contributed by atoms with Crippen LogP contribution in [0.2, 0.25) is 0 Å². The monoisotopic (exact) mass is 208 g/mol. The van der Waals surface area contributed by atoms with E-state index < -0.39 is 0 Å². The smallest absolute Gasteiger partial charge is 0.126 e. The molecule has 1 aliphatic carbocycles. The third-order valence-corrected chi connectivity index (χ3v) is 3.11. The average Bonchev–Trinajstić information content (AvgIpc) is 3.08. The lowest BCUT2D eigenvalue weighted by Crippen LogP contribution is -2.14. The summed E-state index contributed by atoms with van der Waals surface area (Å²) in [6, 6.07) is 5.72. The topological polar surface area (TPSA) is 38.7 Å². The first-order valence-electron chi connectivity index (χ1n) is 5.10. The molecule has 1 fully saturated rings. The van der Waals surface area contributed by atoms with E-state index in [9.17, 15) is 5.11 Å². The first-order chi connectivity index (χ1) is 7.27. The minimum atomic E-state index is -0.127. The number of ether oxygens (including phenoxy) is 2. The predicted octanol–water partition coefficient (Wildman–Crippen LogP) is 1.73. The van der Waals surface area contributed by atoms with Crippen LogP contribution in [-0.2, 0) is 5.41 Å². The molecule has 0 aromatic heterocycles. The van der Waals surface area contributed by atoms with Crippen molar-refractivity contribution in [2.75, 3.05) is 20.8 Å². The highest BCUT2D eigenvalue weighted by Gasteiger charge is 2.47. The third kappa shape index (κ3) is 1.57. The summed E-state index contributed by atoms with van der Waals surface area (Å²) in [4.78, 5) is 0.